The number of carbonyl (C=O) groups excluding carboxylic acids is 4. The Kier molecular flexibility index (Phi) is 7.03. The molecule has 4 amide bonds. The Morgan fingerprint density at radius 2 is 2.03 bits per heavy atom. The average Bonchev–Trinajstić information content (AvgIpc) is 3.28. The summed E-state index contributed by atoms with van der Waals surface area (Å²) in [7, 11) is 1.24. The van der Waals surface area contributed by atoms with Gasteiger partial charge in [-0.05, 0) is 42.5 Å². The second kappa shape index (κ2) is 10.2. The molecule has 11 heteroatoms. The molecular formula is C25H23ClN4O6. The third kappa shape index (κ3) is 5.06. The number of carbonyl (C=O) groups is 4. The van der Waals surface area contributed by atoms with Gasteiger partial charge in [0.25, 0.3) is 5.91 Å². The van der Waals surface area contributed by atoms with Crippen LogP contribution in [-0.4, -0.2) is 55.1 Å². The molecule has 1 saturated heterocycles. The molecule has 2 aliphatic heterocycles. The molecule has 10 nitrogen and oxygen atoms in total. The molecule has 2 aromatic carbocycles. The van der Waals surface area contributed by atoms with Gasteiger partial charge in [-0.25, -0.2) is 9.59 Å². The number of amides is 4. The SMILES string of the molecule is C#CC[C@H](NC(=O)c1ccc(NC(=O)OC)cc1)C(=O)N1CCC2(C1)OC(=O)Nc1ccc(Cl)cc12. The minimum absolute atomic E-state index is 0.0280. The van der Waals surface area contributed by atoms with Crippen molar-refractivity contribution < 1.29 is 28.7 Å². The van der Waals surface area contributed by atoms with Crippen LogP contribution in [0.2, 0.25) is 5.02 Å². The molecule has 2 aliphatic rings. The van der Waals surface area contributed by atoms with Crippen molar-refractivity contribution in [3.05, 3.63) is 58.6 Å². The van der Waals surface area contributed by atoms with Crippen molar-refractivity contribution >= 4 is 47.0 Å². The fourth-order valence-electron chi connectivity index (χ4n) is 4.30. The normalized spacial score (nSPS) is 18.8. The second-order valence-electron chi connectivity index (χ2n) is 8.34. The van der Waals surface area contributed by atoms with E-state index in [1.165, 1.54) is 36.3 Å². The van der Waals surface area contributed by atoms with Crippen molar-refractivity contribution in [2.45, 2.75) is 24.5 Å². The van der Waals surface area contributed by atoms with Crippen molar-refractivity contribution in [3.63, 3.8) is 0 Å². The quantitative estimate of drug-likeness (QED) is 0.530. The highest BCUT2D eigenvalue weighted by atomic mass is 35.5. The number of fused-ring (bicyclic) bond motifs is 2. The summed E-state index contributed by atoms with van der Waals surface area (Å²) in [4.78, 5) is 51.2. The van der Waals surface area contributed by atoms with Gasteiger partial charge in [0.05, 0.1) is 19.3 Å². The van der Waals surface area contributed by atoms with E-state index in [1.807, 2.05) is 0 Å². The first kappa shape index (κ1) is 24.9. The summed E-state index contributed by atoms with van der Waals surface area (Å²) < 4.78 is 10.2. The number of terminal acetylenes is 1. The predicted octanol–water partition coefficient (Wildman–Crippen LogP) is 3.33. The monoisotopic (exact) mass is 510 g/mol. The number of ether oxygens (including phenoxy) is 2. The van der Waals surface area contributed by atoms with Crippen molar-refractivity contribution in [3.8, 4) is 12.3 Å². The highest BCUT2D eigenvalue weighted by molar-refractivity contribution is 6.30. The molecule has 2 heterocycles. The summed E-state index contributed by atoms with van der Waals surface area (Å²) in [5.41, 5.74) is 0.917. The number of benzene rings is 2. The van der Waals surface area contributed by atoms with Gasteiger partial charge in [-0.15, -0.1) is 12.3 Å². The summed E-state index contributed by atoms with van der Waals surface area (Å²) in [5.74, 6) is 1.54. The third-order valence-corrected chi connectivity index (χ3v) is 6.28. The molecule has 186 valence electrons. The molecule has 0 aliphatic carbocycles. The van der Waals surface area contributed by atoms with Crippen LogP contribution in [0.1, 0.15) is 28.8 Å². The maximum absolute atomic E-state index is 13.4. The van der Waals surface area contributed by atoms with Crippen LogP contribution in [0.25, 0.3) is 0 Å². The predicted molar refractivity (Wildman–Crippen MR) is 132 cm³/mol. The van der Waals surface area contributed by atoms with Gasteiger partial charge in [-0.1, -0.05) is 11.6 Å². The first-order valence-electron chi connectivity index (χ1n) is 11.0. The molecular weight excluding hydrogens is 488 g/mol. The Morgan fingerprint density at radius 3 is 2.72 bits per heavy atom. The molecule has 0 radical (unpaired) electrons. The second-order valence-corrected chi connectivity index (χ2v) is 8.77. The van der Waals surface area contributed by atoms with Crippen LogP contribution in [0.4, 0.5) is 21.0 Å². The lowest BCUT2D eigenvalue weighted by atomic mass is 9.90. The minimum Gasteiger partial charge on any atom is -0.453 e. The first-order valence-corrected chi connectivity index (χ1v) is 11.4. The van der Waals surface area contributed by atoms with Crippen molar-refractivity contribution in [1.82, 2.24) is 10.2 Å². The molecule has 2 aromatic rings. The first-order chi connectivity index (χ1) is 17.2. The maximum Gasteiger partial charge on any atom is 0.412 e. The van der Waals surface area contributed by atoms with E-state index in [4.69, 9.17) is 22.8 Å². The van der Waals surface area contributed by atoms with Crippen LogP contribution in [-0.2, 0) is 19.9 Å². The van der Waals surface area contributed by atoms with E-state index in [0.717, 1.165) is 0 Å². The van der Waals surface area contributed by atoms with Gasteiger partial charge < -0.3 is 19.7 Å². The Hall–Kier alpha value is -4.23. The maximum atomic E-state index is 13.4. The zero-order valence-electron chi connectivity index (χ0n) is 19.3. The summed E-state index contributed by atoms with van der Waals surface area (Å²) in [6.45, 7) is 0.389. The van der Waals surface area contributed by atoms with Crippen LogP contribution in [0.5, 0.6) is 0 Å². The Bertz CT molecular complexity index is 1260. The van der Waals surface area contributed by atoms with Crippen molar-refractivity contribution in [1.29, 1.82) is 0 Å². The zero-order valence-corrected chi connectivity index (χ0v) is 20.1. The molecule has 36 heavy (non-hydrogen) atoms. The fourth-order valence-corrected chi connectivity index (χ4v) is 4.47. The number of methoxy groups -OCH3 is 1. The Labute approximate surface area is 212 Å². The number of nitrogens with one attached hydrogen (secondary N) is 3. The Morgan fingerprint density at radius 1 is 1.28 bits per heavy atom. The van der Waals surface area contributed by atoms with E-state index >= 15 is 0 Å². The van der Waals surface area contributed by atoms with Gasteiger partial charge in [0.2, 0.25) is 5.91 Å². The molecule has 0 bridgehead atoms. The molecule has 0 saturated carbocycles. The van der Waals surface area contributed by atoms with Gasteiger partial charge in [-0.3, -0.25) is 20.2 Å². The minimum atomic E-state index is -1.05. The smallest absolute Gasteiger partial charge is 0.412 e. The molecule has 3 N–H and O–H groups in total. The summed E-state index contributed by atoms with van der Waals surface area (Å²) in [6.07, 6.45) is 4.56. The molecule has 4 rings (SSSR count). The number of halogens is 1. The van der Waals surface area contributed by atoms with E-state index in [2.05, 4.69) is 26.6 Å². The third-order valence-electron chi connectivity index (χ3n) is 6.05. The lowest BCUT2D eigenvalue weighted by molar-refractivity contribution is -0.133. The molecule has 1 spiro atoms. The summed E-state index contributed by atoms with van der Waals surface area (Å²) in [5, 5.41) is 8.30. The van der Waals surface area contributed by atoms with Gasteiger partial charge in [-0.2, -0.15) is 0 Å². The number of anilines is 2. The van der Waals surface area contributed by atoms with Crippen LogP contribution < -0.4 is 16.0 Å². The van der Waals surface area contributed by atoms with Crippen LogP contribution in [0.3, 0.4) is 0 Å². The lowest BCUT2D eigenvalue weighted by Gasteiger charge is -2.35. The summed E-state index contributed by atoms with van der Waals surface area (Å²) in [6, 6.07) is 10.1. The van der Waals surface area contributed by atoms with Crippen LogP contribution in [0.15, 0.2) is 42.5 Å². The largest absolute Gasteiger partial charge is 0.453 e. The molecule has 1 unspecified atom stereocenters. The van der Waals surface area contributed by atoms with E-state index < -0.39 is 29.7 Å². The van der Waals surface area contributed by atoms with Gasteiger partial charge in [0, 0.05) is 41.2 Å². The van der Waals surface area contributed by atoms with E-state index in [-0.39, 0.29) is 24.4 Å². The van der Waals surface area contributed by atoms with Crippen molar-refractivity contribution in [2.75, 3.05) is 30.8 Å². The number of rotatable bonds is 5. The number of nitrogens with zero attached hydrogens (tertiary/aromatic N) is 1. The number of hydrogen-bond donors (Lipinski definition) is 3. The van der Waals surface area contributed by atoms with Gasteiger partial charge >= 0.3 is 12.2 Å². The topological polar surface area (TPSA) is 126 Å². The zero-order chi connectivity index (χ0) is 25.9. The van der Waals surface area contributed by atoms with E-state index in [0.29, 0.717) is 34.9 Å². The number of hydrogen-bond acceptors (Lipinski definition) is 6. The van der Waals surface area contributed by atoms with Gasteiger partial charge in [0.1, 0.15) is 6.04 Å². The molecule has 0 aromatic heterocycles. The fraction of sp³-hybridized carbons (Fsp3) is 0.280. The highest BCUT2D eigenvalue weighted by Crippen LogP contribution is 2.43. The summed E-state index contributed by atoms with van der Waals surface area (Å²) >= 11 is 6.18. The van der Waals surface area contributed by atoms with Crippen LogP contribution >= 0.6 is 11.6 Å². The Balaban J connectivity index is 1.48. The van der Waals surface area contributed by atoms with Crippen molar-refractivity contribution in [2.24, 2.45) is 0 Å². The van der Waals surface area contributed by atoms with E-state index in [1.54, 1.807) is 18.2 Å². The van der Waals surface area contributed by atoms with E-state index in [9.17, 15) is 19.2 Å². The number of likely N-dealkylation sites (tertiary alicyclic amines) is 1. The molecule has 2 atom stereocenters. The lowest BCUT2D eigenvalue weighted by Crippen LogP contribution is -2.49. The average molecular weight is 511 g/mol. The van der Waals surface area contributed by atoms with Gasteiger partial charge in [0.15, 0.2) is 5.60 Å². The van der Waals surface area contributed by atoms with Crippen LogP contribution in [0, 0.1) is 12.3 Å². The highest BCUT2D eigenvalue weighted by Gasteiger charge is 2.49. The molecule has 1 fully saturated rings. The standard InChI is InChI=1S/C25H23ClN4O6/c1-3-4-20(28-21(31)15-5-8-17(9-6-15)27-23(33)35-2)22(32)30-12-11-25(14-30)18-13-16(26)7-10-19(18)29-24(34)36-25/h1,5-10,13,20H,4,11-12,14H2,2H3,(H,27,33)(H,28,31)(H,29,34)/t20-,25?/m0/s1.